The number of aromatic nitrogens is 2. The fourth-order valence-corrected chi connectivity index (χ4v) is 12.7. The van der Waals surface area contributed by atoms with Crippen molar-refractivity contribution in [3.8, 4) is 39.3 Å². The van der Waals surface area contributed by atoms with Gasteiger partial charge in [-0.1, -0.05) is 170 Å². The second kappa shape index (κ2) is 13.2. The average Bonchev–Trinajstić information content (AvgIpc) is 4.00. The van der Waals surface area contributed by atoms with Crippen LogP contribution in [-0.2, 0) is 5.41 Å². The maximum absolute atomic E-state index is 5.58. The molecule has 3 aromatic heterocycles. The summed E-state index contributed by atoms with van der Waals surface area (Å²) in [6, 6.07) is 74.2. The molecule has 294 valence electrons. The van der Waals surface area contributed by atoms with Crippen molar-refractivity contribution in [1.29, 1.82) is 0 Å². The topological polar surface area (TPSA) is 17.8 Å². The first-order valence-electron chi connectivity index (χ1n) is 22.0. The Bertz CT molecular complexity index is 3730. The molecule has 0 amide bonds. The number of hydrogen-bond donors (Lipinski definition) is 0. The molecule has 4 heterocycles. The molecule has 1 spiro atoms. The number of allylic oxidation sites excluding steroid dienone is 4. The van der Waals surface area contributed by atoms with E-state index in [9.17, 15) is 0 Å². The van der Waals surface area contributed by atoms with Crippen molar-refractivity contribution in [3.63, 3.8) is 0 Å². The van der Waals surface area contributed by atoms with Gasteiger partial charge in [-0.15, -0.1) is 11.3 Å². The summed E-state index contributed by atoms with van der Waals surface area (Å²) in [4.78, 5) is 5.58. The molecule has 3 heteroatoms. The summed E-state index contributed by atoms with van der Waals surface area (Å²) in [5, 5.41) is 5.27. The standard InChI is InChI=1S/C60H38N2S/c1-3-15-37(16-4-1)41-34-52(38-17-5-2-6-18-38)61-53(35-41)46-22-14-24-50-58(46)47-33-39(40-29-31-44-43-20-8-12-28-56(43)63-57(44)36-40)30-32-48(47)60(50)49-23-9-11-27-55(49)62-54-26-10-7-19-42(54)45-21-13-25-51(60)59(45)62/h1-29,31,33-36H,30,32H2. The minimum absolute atomic E-state index is 0.502. The largest absolute Gasteiger partial charge is 0.309 e. The molecule has 11 aromatic rings. The van der Waals surface area contributed by atoms with Gasteiger partial charge < -0.3 is 4.57 Å². The Morgan fingerprint density at radius 3 is 2.03 bits per heavy atom. The van der Waals surface area contributed by atoms with Gasteiger partial charge in [0.2, 0.25) is 0 Å². The van der Waals surface area contributed by atoms with Crippen LogP contribution in [-0.4, -0.2) is 9.55 Å². The van der Waals surface area contributed by atoms with Crippen LogP contribution in [0.1, 0.15) is 40.7 Å². The van der Waals surface area contributed by atoms with E-state index in [1.54, 1.807) is 0 Å². The number of rotatable bonds is 4. The van der Waals surface area contributed by atoms with Gasteiger partial charge in [0, 0.05) is 42.1 Å². The van der Waals surface area contributed by atoms with Crippen molar-refractivity contribution in [3.05, 3.63) is 240 Å². The van der Waals surface area contributed by atoms with Crippen LogP contribution in [0.2, 0.25) is 0 Å². The highest BCUT2D eigenvalue weighted by Gasteiger charge is 2.52. The number of hydrogen-bond acceptors (Lipinski definition) is 2. The van der Waals surface area contributed by atoms with E-state index in [1.807, 2.05) is 11.3 Å². The third-order valence-corrected chi connectivity index (χ3v) is 15.3. The van der Waals surface area contributed by atoms with Gasteiger partial charge in [0.25, 0.3) is 0 Å². The molecule has 1 aliphatic heterocycles. The summed E-state index contributed by atoms with van der Waals surface area (Å²) < 4.78 is 5.23. The summed E-state index contributed by atoms with van der Waals surface area (Å²) >= 11 is 1.90. The smallest absolute Gasteiger partial charge is 0.0722 e. The minimum atomic E-state index is -0.502. The van der Waals surface area contributed by atoms with E-state index in [0.29, 0.717) is 0 Å². The maximum atomic E-state index is 5.58. The third-order valence-electron chi connectivity index (χ3n) is 14.2. The van der Waals surface area contributed by atoms with Crippen LogP contribution in [0, 0.1) is 0 Å². The van der Waals surface area contributed by atoms with Crippen molar-refractivity contribution in [2.75, 3.05) is 0 Å². The van der Waals surface area contributed by atoms with Gasteiger partial charge in [-0.05, 0) is 105 Å². The first kappa shape index (κ1) is 35.1. The lowest BCUT2D eigenvalue weighted by molar-refractivity contribution is 0.687. The number of pyridine rings is 1. The zero-order valence-corrected chi connectivity index (χ0v) is 35.2. The highest BCUT2D eigenvalue weighted by Crippen LogP contribution is 2.64. The maximum Gasteiger partial charge on any atom is 0.0722 e. The Morgan fingerprint density at radius 2 is 1.14 bits per heavy atom. The molecule has 2 aliphatic carbocycles. The van der Waals surface area contributed by atoms with Crippen LogP contribution < -0.4 is 0 Å². The predicted octanol–water partition coefficient (Wildman–Crippen LogP) is 15.8. The molecule has 2 nitrogen and oxygen atoms in total. The van der Waals surface area contributed by atoms with Gasteiger partial charge in [0.1, 0.15) is 0 Å². The van der Waals surface area contributed by atoms with Crippen LogP contribution in [0.5, 0.6) is 0 Å². The summed E-state index contributed by atoms with van der Waals surface area (Å²) in [6.45, 7) is 0. The van der Waals surface area contributed by atoms with Gasteiger partial charge in [-0.2, -0.15) is 0 Å². The number of thiophene rings is 1. The van der Waals surface area contributed by atoms with Crippen LogP contribution in [0.15, 0.2) is 212 Å². The quantitative estimate of drug-likeness (QED) is 0.173. The van der Waals surface area contributed by atoms with E-state index in [2.05, 4.69) is 211 Å². The number of fused-ring (bicyclic) bond motifs is 14. The van der Waals surface area contributed by atoms with Crippen LogP contribution in [0.25, 0.3) is 92.5 Å². The monoisotopic (exact) mass is 818 g/mol. The van der Waals surface area contributed by atoms with E-state index in [0.717, 1.165) is 35.4 Å². The van der Waals surface area contributed by atoms with Crippen LogP contribution >= 0.6 is 11.3 Å². The van der Waals surface area contributed by atoms with E-state index >= 15 is 0 Å². The lowest BCUT2D eigenvalue weighted by Gasteiger charge is -2.41. The molecule has 8 aromatic carbocycles. The third kappa shape index (κ3) is 4.86. The summed E-state index contributed by atoms with van der Waals surface area (Å²) in [5.41, 5.74) is 20.7. The van der Waals surface area contributed by atoms with E-state index < -0.39 is 5.41 Å². The fraction of sp³-hybridized carbons (Fsp3) is 0.0500. The van der Waals surface area contributed by atoms with Crippen molar-refractivity contribution >= 4 is 64.5 Å². The number of benzene rings is 8. The Balaban J connectivity index is 1.09. The van der Waals surface area contributed by atoms with Gasteiger partial charge in [0.15, 0.2) is 0 Å². The molecule has 14 rings (SSSR count). The highest BCUT2D eigenvalue weighted by atomic mass is 32.1. The summed E-state index contributed by atoms with van der Waals surface area (Å²) in [5.74, 6) is 0. The first-order valence-corrected chi connectivity index (χ1v) is 22.8. The lowest BCUT2D eigenvalue weighted by Crippen LogP contribution is -2.35. The van der Waals surface area contributed by atoms with Crippen molar-refractivity contribution in [2.45, 2.75) is 18.3 Å². The Kier molecular flexibility index (Phi) is 7.35. The SMILES string of the molecule is C1=C(c2ccc3c(c2)sc2ccccc23)CCC2=C1c1c(-c3cc(-c4ccccc4)cc(-c4ccccc4)n3)cccc1C21c2ccccc2-n2c3ccccc3c3cccc1c32. The van der Waals surface area contributed by atoms with Gasteiger partial charge >= 0.3 is 0 Å². The Labute approximate surface area is 369 Å². The molecule has 3 aliphatic rings. The van der Waals surface area contributed by atoms with Gasteiger partial charge in [-0.3, -0.25) is 0 Å². The van der Waals surface area contributed by atoms with Crippen LogP contribution in [0.3, 0.4) is 0 Å². The predicted molar refractivity (Wildman–Crippen MR) is 265 cm³/mol. The van der Waals surface area contributed by atoms with E-state index in [4.69, 9.17) is 4.98 Å². The van der Waals surface area contributed by atoms with Gasteiger partial charge in [0.05, 0.1) is 33.5 Å². The lowest BCUT2D eigenvalue weighted by atomic mass is 9.63. The molecule has 0 bridgehead atoms. The molecule has 0 saturated carbocycles. The highest BCUT2D eigenvalue weighted by molar-refractivity contribution is 7.25. The number of nitrogens with zero attached hydrogens (tertiary/aromatic N) is 2. The molecular formula is C60H38N2S. The van der Waals surface area contributed by atoms with E-state index in [1.165, 1.54) is 103 Å². The molecule has 0 radical (unpaired) electrons. The zero-order chi connectivity index (χ0) is 41.2. The summed E-state index contributed by atoms with van der Waals surface area (Å²) in [6.07, 6.45) is 4.47. The van der Waals surface area contributed by atoms with Crippen LogP contribution in [0.4, 0.5) is 0 Å². The summed E-state index contributed by atoms with van der Waals surface area (Å²) in [7, 11) is 0. The second-order valence-corrected chi connectivity index (χ2v) is 18.4. The number of para-hydroxylation sites is 3. The Morgan fingerprint density at radius 1 is 0.460 bits per heavy atom. The van der Waals surface area contributed by atoms with E-state index in [-0.39, 0.29) is 0 Å². The molecule has 0 saturated heterocycles. The minimum Gasteiger partial charge on any atom is -0.309 e. The fourth-order valence-electron chi connectivity index (χ4n) is 11.6. The van der Waals surface area contributed by atoms with Crippen molar-refractivity contribution in [1.82, 2.24) is 9.55 Å². The second-order valence-electron chi connectivity index (χ2n) is 17.3. The average molecular weight is 819 g/mol. The first-order chi connectivity index (χ1) is 31.2. The molecule has 63 heavy (non-hydrogen) atoms. The van der Waals surface area contributed by atoms with Gasteiger partial charge in [-0.25, -0.2) is 4.98 Å². The van der Waals surface area contributed by atoms with Crippen molar-refractivity contribution < 1.29 is 0 Å². The molecular weight excluding hydrogens is 781 g/mol. The van der Waals surface area contributed by atoms with Crippen molar-refractivity contribution in [2.24, 2.45) is 0 Å². The molecule has 1 unspecified atom stereocenters. The normalized spacial score (nSPS) is 16.2. The molecule has 1 atom stereocenters. The Hall–Kier alpha value is -7.59. The molecule has 0 fully saturated rings. The molecule has 0 N–H and O–H groups in total. The zero-order valence-electron chi connectivity index (χ0n) is 34.3.